The Labute approximate surface area is 227 Å². The molecular weight excluding hydrogens is 536 g/mol. The third-order valence-corrected chi connectivity index (χ3v) is 6.38. The molecule has 1 fully saturated rings. The number of pyridine rings is 1. The fourth-order valence-electron chi connectivity index (χ4n) is 4.37. The molecule has 216 valence electrons. The van der Waals surface area contributed by atoms with Crippen LogP contribution in [0.1, 0.15) is 46.2 Å². The number of nitrogens with zero attached hydrogens (tertiary/aromatic N) is 2. The minimum Gasteiger partial charge on any atom is -0.451 e. The van der Waals surface area contributed by atoms with Crippen LogP contribution in [-0.2, 0) is 32.0 Å². The molecule has 2 atom stereocenters. The molecule has 40 heavy (non-hydrogen) atoms. The lowest BCUT2D eigenvalue weighted by Gasteiger charge is -2.34. The number of hydrogen-bond donors (Lipinski definition) is 1. The van der Waals surface area contributed by atoms with Crippen LogP contribution in [-0.4, -0.2) is 73.4 Å². The zero-order chi connectivity index (χ0) is 28.8. The summed E-state index contributed by atoms with van der Waals surface area (Å²) in [7, 11) is 1.56. The van der Waals surface area contributed by atoms with Crippen LogP contribution in [0, 0.1) is 11.6 Å². The van der Waals surface area contributed by atoms with Gasteiger partial charge >= 0.3 is 6.16 Å². The van der Waals surface area contributed by atoms with E-state index in [9.17, 15) is 28.0 Å². The number of aromatic nitrogens is 1. The first-order chi connectivity index (χ1) is 19.2. The van der Waals surface area contributed by atoms with Crippen molar-refractivity contribution >= 4 is 18.0 Å². The van der Waals surface area contributed by atoms with Crippen molar-refractivity contribution in [2.24, 2.45) is 0 Å². The number of hydrogen-bond acceptors (Lipinski definition) is 9. The smallest absolute Gasteiger partial charge is 0.451 e. The maximum atomic E-state index is 14.0. The predicted octanol–water partition coefficient (Wildman–Crippen LogP) is 2.17. The molecule has 2 aliphatic rings. The monoisotopic (exact) mass is 565 g/mol. The molecule has 2 aromatic rings. The third kappa shape index (κ3) is 6.39. The largest absolute Gasteiger partial charge is 0.511 e. The molecule has 0 unspecified atom stereocenters. The maximum Gasteiger partial charge on any atom is 0.511 e. The van der Waals surface area contributed by atoms with E-state index >= 15 is 0 Å². The Hall–Kier alpha value is -4.04. The van der Waals surface area contributed by atoms with Crippen molar-refractivity contribution in [3.05, 3.63) is 63.1 Å². The molecule has 1 aromatic carbocycles. The average molecular weight is 566 g/mol. The number of methoxy groups -OCH3 is 1. The summed E-state index contributed by atoms with van der Waals surface area (Å²) in [5.74, 6) is -3.60. The zero-order valence-corrected chi connectivity index (χ0v) is 21.9. The first kappa shape index (κ1) is 29.0. The predicted molar refractivity (Wildman–Crippen MR) is 133 cm³/mol. The van der Waals surface area contributed by atoms with Gasteiger partial charge in [-0.25, -0.2) is 13.6 Å². The number of benzene rings is 1. The number of carbonyl (C=O) groups excluding carboxylic acids is 3. The fourth-order valence-corrected chi connectivity index (χ4v) is 4.37. The van der Waals surface area contributed by atoms with Crippen molar-refractivity contribution in [3.63, 3.8) is 0 Å². The van der Waals surface area contributed by atoms with Gasteiger partial charge < -0.3 is 38.5 Å². The molecule has 0 saturated carbocycles. The number of halogens is 2. The highest BCUT2D eigenvalue weighted by atomic mass is 19.1. The molecule has 0 bridgehead atoms. The summed E-state index contributed by atoms with van der Waals surface area (Å²) in [5.41, 5.74) is -1.50. The summed E-state index contributed by atoms with van der Waals surface area (Å²) in [5, 5.41) is 2.42. The van der Waals surface area contributed by atoms with Crippen LogP contribution in [0.15, 0.2) is 29.2 Å². The van der Waals surface area contributed by atoms with Gasteiger partial charge in [0.15, 0.2) is 11.9 Å². The summed E-state index contributed by atoms with van der Waals surface area (Å²) in [6.07, 6.45) is 0.739. The van der Waals surface area contributed by atoms with Crippen molar-refractivity contribution in [2.45, 2.75) is 45.1 Å². The number of nitrogens with one attached hydrogen (secondary N) is 1. The van der Waals surface area contributed by atoms with Gasteiger partial charge in [-0.3, -0.25) is 14.4 Å². The van der Waals surface area contributed by atoms with Gasteiger partial charge in [0.1, 0.15) is 17.2 Å². The Kier molecular flexibility index (Phi) is 9.32. The second kappa shape index (κ2) is 12.9. The second-order valence-electron chi connectivity index (χ2n) is 9.17. The van der Waals surface area contributed by atoms with Gasteiger partial charge in [0.25, 0.3) is 11.8 Å². The highest BCUT2D eigenvalue weighted by Crippen LogP contribution is 2.30. The van der Waals surface area contributed by atoms with Crippen molar-refractivity contribution in [1.29, 1.82) is 0 Å². The Morgan fingerprint density at radius 1 is 1.15 bits per heavy atom. The van der Waals surface area contributed by atoms with E-state index in [4.69, 9.17) is 23.7 Å². The first-order valence-electron chi connectivity index (χ1n) is 12.6. The van der Waals surface area contributed by atoms with E-state index in [1.807, 2.05) is 0 Å². The van der Waals surface area contributed by atoms with E-state index in [-0.39, 0.29) is 43.6 Å². The molecule has 14 heteroatoms. The summed E-state index contributed by atoms with van der Waals surface area (Å²) < 4.78 is 54.4. The molecule has 0 spiro atoms. The lowest BCUT2D eigenvalue weighted by molar-refractivity contribution is -0.00231. The van der Waals surface area contributed by atoms with Gasteiger partial charge in [0.2, 0.25) is 18.0 Å². The van der Waals surface area contributed by atoms with E-state index < -0.39 is 59.4 Å². The van der Waals surface area contributed by atoms with Crippen LogP contribution >= 0.6 is 0 Å². The van der Waals surface area contributed by atoms with Crippen molar-refractivity contribution in [2.75, 3.05) is 33.7 Å². The van der Waals surface area contributed by atoms with Gasteiger partial charge in [-0.2, -0.15) is 0 Å². The summed E-state index contributed by atoms with van der Waals surface area (Å²) in [6, 6.07) is 2.60. The number of carbonyl (C=O) groups is 3. The van der Waals surface area contributed by atoms with Crippen LogP contribution in [0.5, 0.6) is 5.75 Å². The maximum absolute atomic E-state index is 14.0. The minimum absolute atomic E-state index is 0.00224. The quantitative estimate of drug-likeness (QED) is 0.247. The van der Waals surface area contributed by atoms with Crippen LogP contribution in [0.3, 0.4) is 0 Å². The molecule has 3 heterocycles. The number of amides is 2. The molecule has 4 rings (SSSR count). The molecular formula is C26H29F2N3O9. The van der Waals surface area contributed by atoms with E-state index in [2.05, 4.69) is 5.32 Å². The third-order valence-electron chi connectivity index (χ3n) is 6.38. The Morgan fingerprint density at radius 2 is 1.93 bits per heavy atom. The number of unbranched alkanes of at least 4 members (excludes halogenated alkanes) is 1. The number of ether oxygens (including phenoxy) is 5. The Balaban J connectivity index is 1.54. The SMILES string of the molecule is COCCCCOC(=O)OCOc1c2n(cc(C(=O)NCc3ccc(F)cc3F)c1=O)C[C@H]1OC[C@H](C)N1C2=O. The average Bonchev–Trinajstić information content (AvgIpc) is 3.29. The lowest BCUT2D eigenvalue weighted by atomic mass is 10.1. The first-order valence-corrected chi connectivity index (χ1v) is 12.6. The van der Waals surface area contributed by atoms with Gasteiger partial charge in [0, 0.05) is 38.1 Å². The molecule has 0 radical (unpaired) electrons. The standard InChI is InChI=1S/C26H29F2N3O9/c1-15-13-38-20-12-30-11-18(24(33)29-10-16-5-6-17(27)9-19(16)28)22(32)23(21(30)25(34)31(15)20)39-14-40-26(35)37-8-4-3-7-36-2/h5-6,9,11,15,20H,3-4,7-8,10,12-14H2,1-2H3,(H,29,33)/t15-,20+/m0/s1. The van der Waals surface area contributed by atoms with Crippen LogP contribution < -0.4 is 15.5 Å². The summed E-state index contributed by atoms with van der Waals surface area (Å²) >= 11 is 0. The molecule has 12 nitrogen and oxygen atoms in total. The van der Waals surface area contributed by atoms with Crippen LogP contribution in [0.4, 0.5) is 13.6 Å². The van der Waals surface area contributed by atoms with Gasteiger partial charge in [-0.15, -0.1) is 0 Å². The molecule has 1 N–H and O–H groups in total. The van der Waals surface area contributed by atoms with Crippen molar-refractivity contribution < 1.29 is 46.8 Å². The van der Waals surface area contributed by atoms with E-state index in [0.717, 1.165) is 6.07 Å². The molecule has 2 aliphatic heterocycles. The molecule has 1 aromatic heterocycles. The lowest BCUT2D eigenvalue weighted by Crippen LogP contribution is -2.49. The highest BCUT2D eigenvalue weighted by Gasteiger charge is 2.43. The summed E-state index contributed by atoms with van der Waals surface area (Å²) in [4.78, 5) is 53.0. The topological polar surface area (TPSA) is 135 Å². The van der Waals surface area contributed by atoms with Crippen molar-refractivity contribution in [1.82, 2.24) is 14.8 Å². The summed E-state index contributed by atoms with van der Waals surface area (Å²) in [6.45, 7) is 1.65. The van der Waals surface area contributed by atoms with Gasteiger partial charge in [0.05, 0.1) is 25.8 Å². The Bertz CT molecular complexity index is 1330. The minimum atomic E-state index is -1.05. The fraction of sp³-hybridized carbons (Fsp3) is 0.462. The Morgan fingerprint density at radius 3 is 2.67 bits per heavy atom. The highest BCUT2D eigenvalue weighted by molar-refractivity contribution is 5.99. The number of fused-ring (bicyclic) bond motifs is 2. The van der Waals surface area contributed by atoms with E-state index in [1.54, 1.807) is 14.0 Å². The second-order valence-corrected chi connectivity index (χ2v) is 9.17. The van der Waals surface area contributed by atoms with E-state index in [1.165, 1.54) is 21.7 Å². The normalized spacial score (nSPS) is 17.7. The zero-order valence-electron chi connectivity index (χ0n) is 21.9. The van der Waals surface area contributed by atoms with E-state index in [0.29, 0.717) is 25.5 Å². The van der Waals surface area contributed by atoms with Gasteiger partial charge in [-0.05, 0) is 25.8 Å². The van der Waals surface area contributed by atoms with Crippen molar-refractivity contribution in [3.8, 4) is 5.75 Å². The van der Waals surface area contributed by atoms with Crippen LogP contribution in [0.2, 0.25) is 0 Å². The molecule has 1 saturated heterocycles. The van der Waals surface area contributed by atoms with Crippen LogP contribution in [0.25, 0.3) is 0 Å². The number of rotatable bonds is 11. The molecule has 2 amide bonds. The van der Waals surface area contributed by atoms with Gasteiger partial charge in [-0.1, -0.05) is 6.07 Å². The molecule has 0 aliphatic carbocycles.